The van der Waals surface area contributed by atoms with Gasteiger partial charge in [0.15, 0.2) is 0 Å². The van der Waals surface area contributed by atoms with E-state index in [1.54, 1.807) is 0 Å². The van der Waals surface area contributed by atoms with E-state index in [-0.39, 0.29) is 17.5 Å². The summed E-state index contributed by atoms with van der Waals surface area (Å²) < 4.78 is 6.23. The van der Waals surface area contributed by atoms with E-state index in [1.807, 2.05) is 0 Å². The number of fused-ring (bicyclic) bond motifs is 5. The van der Waals surface area contributed by atoms with Crippen molar-refractivity contribution in [2.45, 2.75) is 175 Å². The first-order chi connectivity index (χ1) is 18.4. The highest BCUT2D eigenvalue weighted by molar-refractivity contribution is 5.79. The Balaban J connectivity index is 1.11. The van der Waals surface area contributed by atoms with Crippen LogP contribution in [0.15, 0.2) is 0 Å². The van der Waals surface area contributed by atoms with Crippen LogP contribution in [-0.2, 0) is 14.3 Å². The normalized spacial score (nSPS) is 36.4. The van der Waals surface area contributed by atoms with Crippen LogP contribution in [0.4, 0.5) is 0 Å². The van der Waals surface area contributed by atoms with Crippen LogP contribution in [0.1, 0.15) is 168 Å². The van der Waals surface area contributed by atoms with Gasteiger partial charge in [0.1, 0.15) is 11.9 Å². The van der Waals surface area contributed by atoms with E-state index < -0.39 is 0 Å². The number of ketones is 1. The number of unbranched alkanes of at least 4 members (excludes halogenated alkanes) is 12. The molecule has 4 aliphatic carbocycles. The lowest BCUT2D eigenvalue weighted by Crippen LogP contribution is -2.54. The van der Waals surface area contributed by atoms with E-state index in [9.17, 15) is 9.59 Å². The third kappa shape index (κ3) is 7.06. The lowest BCUT2D eigenvalue weighted by atomic mass is 9.45. The van der Waals surface area contributed by atoms with Crippen molar-refractivity contribution < 1.29 is 14.3 Å². The van der Waals surface area contributed by atoms with Gasteiger partial charge >= 0.3 is 5.97 Å². The molecule has 0 spiro atoms. The van der Waals surface area contributed by atoms with Gasteiger partial charge < -0.3 is 4.74 Å². The van der Waals surface area contributed by atoms with E-state index in [4.69, 9.17) is 4.74 Å². The first-order valence-corrected chi connectivity index (χ1v) is 17.1. The SMILES string of the molecule is CCCCCCCCCCCCCCCC(=O)O[C@H]1CC[C@H]2[C@@H]3CCC4CC(=O)CC[C@]4(C)[C@H]3CC[C@]12C. The smallest absolute Gasteiger partial charge is 0.306 e. The van der Waals surface area contributed by atoms with Crippen molar-refractivity contribution in [3.63, 3.8) is 0 Å². The van der Waals surface area contributed by atoms with Gasteiger partial charge in [-0.2, -0.15) is 0 Å². The summed E-state index contributed by atoms with van der Waals surface area (Å²) in [5.74, 6) is 3.42. The lowest BCUT2D eigenvalue weighted by molar-refractivity contribution is -0.164. The van der Waals surface area contributed by atoms with Gasteiger partial charge in [-0.15, -0.1) is 0 Å². The average molecular weight is 529 g/mol. The standard InChI is InChI=1S/C35H60O3/c1-4-5-6-7-8-9-10-11-12-13-14-15-16-17-33(37)38-32-21-20-30-29-19-18-27-26-28(36)22-24-34(27,2)31(29)23-25-35(30,32)3/h27,29-32H,4-26H2,1-3H3/t27?,29-,30-,31-,32-,34-,35-/m0/s1. The molecule has 0 aromatic carbocycles. The predicted molar refractivity (Wildman–Crippen MR) is 157 cm³/mol. The summed E-state index contributed by atoms with van der Waals surface area (Å²) in [6.45, 7) is 7.25. The summed E-state index contributed by atoms with van der Waals surface area (Å²) in [5, 5.41) is 0. The van der Waals surface area contributed by atoms with Crippen molar-refractivity contribution in [3.8, 4) is 0 Å². The molecule has 0 radical (unpaired) electrons. The molecule has 0 aromatic heterocycles. The lowest BCUT2D eigenvalue weighted by Gasteiger charge is -2.60. The maximum atomic E-state index is 12.8. The van der Waals surface area contributed by atoms with E-state index >= 15 is 0 Å². The molecular formula is C35H60O3. The fourth-order valence-electron chi connectivity index (χ4n) is 9.70. The summed E-state index contributed by atoms with van der Waals surface area (Å²) in [6, 6.07) is 0. The number of Topliss-reactive ketones (excluding diaryl/α,β-unsaturated/α-hetero) is 1. The molecule has 4 rings (SSSR count). The summed E-state index contributed by atoms with van der Waals surface area (Å²) >= 11 is 0. The average Bonchev–Trinajstić information content (AvgIpc) is 3.23. The Morgan fingerprint density at radius 3 is 2.00 bits per heavy atom. The molecule has 0 saturated heterocycles. The molecule has 0 aromatic rings. The number of carbonyl (C=O) groups is 2. The molecule has 3 nitrogen and oxygen atoms in total. The number of esters is 1. The Bertz CT molecular complexity index is 760. The number of hydrogen-bond acceptors (Lipinski definition) is 3. The summed E-state index contributed by atoms with van der Waals surface area (Å²) in [6.07, 6.45) is 28.1. The first-order valence-electron chi connectivity index (χ1n) is 17.1. The maximum Gasteiger partial charge on any atom is 0.306 e. The minimum atomic E-state index is 0.0588. The maximum absolute atomic E-state index is 12.8. The van der Waals surface area contributed by atoms with Crippen molar-refractivity contribution in [2.75, 3.05) is 0 Å². The fraction of sp³-hybridized carbons (Fsp3) is 0.943. The van der Waals surface area contributed by atoms with Crippen LogP contribution >= 0.6 is 0 Å². The first kappa shape index (κ1) is 30.1. The van der Waals surface area contributed by atoms with Gasteiger partial charge in [0.05, 0.1) is 0 Å². The molecular weight excluding hydrogens is 468 g/mol. The number of carbonyl (C=O) groups excluding carboxylic acids is 2. The third-order valence-electron chi connectivity index (χ3n) is 12.2. The minimum absolute atomic E-state index is 0.0588. The van der Waals surface area contributed by atoms with Crippen molar-refractivity contribution in [3.05, 3.63) is 0 Å². The quantitative estimate of drug-likeness (QED) is 0.157. The zero-order valence-electron chi connectivity index (χ0n) is 25.4. The van der Waals surface area contributed by atoms with Crippen LogP contribution in [0, 0.1) is 34.5 Å². The highest BCUT2D eigenvalue weighted by Gasteiger charge is 2.61. The summed E-state index contributed by atoms with van der Waals surface area (Å²) in [7, 11) is 0. The molecule has 0 N–H and O–H groups in total. The van der Waals surface area contributed by atoms with Gasteiger partial charge in [0.2, 0.25) is 0 Å². The molecule has 0 bridgehead atoms. The second-order valence-electron chi connectivity index (χ2n) is 14.5. The number of hydrogen-bond donors (Lipinski definition) is 0. The van der Waals surface area contributed by atoms with Gasteiger partial charge in [-0.25, -0.2) is 0 Å². The van der Waals surface area contributed by atoms with Gasteiger partial charge in [0, 0.05) is 24.7 Å². The topological polar surface area (TPSA) is 43.4 Å². The number of ether oxygens (including phenoxy) is 1. The van der Waals surface area contributed by atoms with Crippen LogP contribution in [0.3, 0.4) is 0 Å². The summed E-state index contributed by atoms with van der Waals surface area (Å²) in [5.41, 5.74) is 0.529. The largest absolute Gasteiger partial charge is 0.462 e. The van der Waals surface area contributed by atoms with E-state index in [1.165, 1.54) is 109 Å². The van der Waals surface area contributed by atoms with Crippen molar-refractivity contribution >= 4 is 11.8 Å². The molecule has 1 unspecified atom stereocenters. The second kappa shape index (κ2) is 14.2. The molecule has 0 amide bonds. The monoisotopic (exact) mass is 528 g/mol. The highest BCUT2D eigenvalue weighted by Crippen LogP contribution is 2.66. The molecule has 0 heterocycles. The van der Waals surface area contributed by atoms with Crippen LogP contribution in [0.5, 0.6) is 0 Å². The van der Waals surface area contributed by atoms with Crippen LogP contribution < -0.4 is 0 Å². The Hall–Kier alpha value is -0.860. The van der Waals surface area contributed by atoms with Gasteiger partial charge in [-0.1, -0.05) is 97.8 Å². The van der Waals surface area contributed by atoms with Gasteiger partial charge in [-0.05, 0) is 80.5 Å². The van der Waals surface area contributed by atoms with Crippen LogP contribution in [-0.4, -0.2) is 17.9 Å². The van der Waals surface area contributed by atoms with E-state index in [0.717, 1.165) is 43.9 Å². The molecule has 38 heavy (non-hydrogen) atoms. The zero-order valence-corrected chi connectivity index (χ0v) is 25.4. The van der Waals surface area contributed by atoms with Crippen LogP contribution in [0.25, 0.3) is 0 Å². The zero-order chi connectivity index (χ0) is 27.0. The van der Waals surface area contributed by atoms with Crippen molar-refractivity contribution in [2.24, 2.45) is 34.5 Å². The Morgan fingerprint density at radius 2 is 1.34 bits per heavy atom. The second-order valence-corrected chi connectivity index (χ2v) is 14.5. The third-order valence-corrected chi connectivity index (χ3v) is 12.2. The molecule has 4 aliphatic rings. The molecule has 4 fully saturated rings. The van der Waals surface area contributed by atoms with E-state index in [0.29, 0.717) is 29.5 Å². The van der Waals surface area contributed by atoms with Gasteiger partial charge in [0.25, 0.3) is 0 Å². The molecule has 0 aliphatic heterocycles. The number of rotatable bonds is 15. The minimum Gasteiger partial charge on any atom is -0.462 e. The molecule has 7 atom stereocenters. The summed E-state index contributed by atoms with van der Waals surface area (Å²) in [4.78, 5) is 25.0. The highest BCUT2D eigenvalue weighted by atomic mass is 16.5. The molecule has 3 heteroatoms. The molecule has 4 saturated carbocycles. The van der Waals surface area contributed by atoms with Crippen LogP contribution in [0.2, 0.25) is 0 Å². The van der Waals surface area contributed by atoms with Crippen molar-refractivity contribution in [1.82, 2.24) is 0 Å². The van der Waals surface area contributed by atoms with Crippen molar-refractivity contribution in [1.29, 1.82) is 0 Å². The predicted octanol–water partition coefficient (Wildman–Crippen LogP) is 9.99. The Morgan fingerprint density at radius 1 is 0.737 bits per heavy atom. The Kier molecular flexibility index (Phi) is 11.2. The van der Waals surface area contributed by atoms with E-state index in [2.05, 4.69) is 20.8 Å². The fourth-order valence-corrected chi connectivity index (χ4v) is 9.70. The van der Waals surface area contributed by atoms with Gasteiger partial charge in [-0.3, -0.25) is 9.59 Å². The molecule has 218 valence electrons. The Labute approximate surface area is 235 Å².